The third kappa shape index (κ3) is 18.0. The summed E-state index contributed by atoms with van der Waals surface area (Å²) >= 11 is 0. The van der Waals surface area contributed by atoms with E-state index in [4.69, 9.17) is 38.0 Å². The normalized spacial score (nSPS) is 19.6. The summed E-state index contributed by atoms with van der Waals surface area (Å²) in [7, 11) is -11.2. The fraction of sp³-hybridized carbons (Fsp3) is 0.529. The number of rotatable bonds is 35. The Morgan fingerprint density at radius 3 is 1.81 bits per heavy atom. The van der Waals surface area contributed by atoms with Gasteiger partial charge in [0, 0.05) is 80.5 Å². The molecule has 0 aliphatic carbocycles. The van der Waals surface area contributed by atoms with Gasteiger partial charge in [0.25, 0.3) is 11.8 Å². The minimum absolute atomic E-state index is 0.00411. The summed E-state index contributed by atoms with van der Waals surface area (Å²) in [4.78, 5) is 41.2. The van der Waals surface area contributed by atoms with Crippen molar-refractivity contribution >= 4 is 65.2 Å². The summed E-state index contributed by atoms with van der Waals surface area (Å²) in [6.07, 6.45) is 12.8. The zero-order valence-corrected chi connectivity index (χ0v) is 46.0. The van der Waals surface area contributed by atoms with E-state index in [1.807, 2.05) is 22.5 Å². The van der Waals surface area contributed by atoms with Crippen molar-refractivity contribution in [1.29, 1.82) is 0 Å². The van der Waals surface area contributed by atoms with Gasteiger partial charge in [-0.2, -0.15) is 4.58 Å². The number of carbonyl (C=O) groups excluding carboxylic acids is 3. The maximum Gasteiger partial charge on any atom is 0.335 e. The maximum atomic E-state index is 12.2. The van der Waals surface area contributed by atoms with Gasteiger partial charge < -0.3 is 56.6 Å². The predicted octanol–water partition coefficient (Wildman–Crippen LogP) is 3.27. The van der Waals surface area contributed by atoms with Crippen LogP contribution in [0.5, 0.6) is 0 Å². The molecule has 0 spiro atoms. The molecule has 2 unspecified atom stereocenters. The van der Waals surface area contributed by atoms with Gasteiger partial charge in [-0.15, -0.1) is 5.06 Å². The van der Waals surface area contributed by atoms with E-state index in [1.54, 1.807) is 63.7 Å². The van der Waals surface area contributed by atoms with Crippen molar-refractivity contribution in [3.05, 3.63) is 95.8 Å². The van der Waals surface area contributed by atoms with Gasteiger partial charge >= 0.3 is 5.97 Å². The first-order valence-electron chi connectivity index (χ1n) is 24.8. The van der Waals surface area contributed by atoms with E-state index in [0.29, 0.717) is 72.7 Å². The van der Waals surface area contributed by atoms with Gasteiger partial charge in [0.2, 0.25) is 5.69 Å². The Bertz CT molecular complexity index is 2870. The average Bonchev–Trinajstić information content (AvgIpc) is 3.90. The summed E-state index contributed by atoms with van der Waals surface area (Å²) in [5, 5.41) is 0.478. The number of hydrogen-bond acceptors (Lipinski definition) is 21. The third-order valence-electron chi connectivity index (χ3n) is 12.9. The lowest BCUT2D eigenvalue weighted by atomic mass is 9.76. The number of ether oxygens (including phenoxy) is 7. The molecule has 3 aliphatic heterocycles. The van der Waals surface area contributed by atoms with Crippen LogP contribution in [0.15, 0.2) is 94.4 Å². The van der Waals surface area contributed by atoms with Gasteiger partial charge in [-0.05, 0) is 75.1 Å². The lowest BCUT2D eigenvalue weighted by molar-refractivity contribution is -0.442. The minimum Gasteiger partial charge on any atom is -0.748 e. The molecule has 23 nitrogen and oxygen atoms in total. The van der Waals surface area contributed by atoms with Gasteiger partial charge in [-0.25, -0.2) is 30.0 Å². The minimum atomic E-state index is -4.88. The summed E-state index contributed by atoms with van der Waals surface area (Å²) in [5.74, 6) is -2.57. The van der Waals surface area contributed by atoms with E-state index < -0.39 is 69.6 Å². The van der Waals surface area contributed by atoms with Gasteiger partial charge in [-0.1, -0.05) is 30.4 Å². The number of hydrogen-bond donors (Lipinski definition) is 0. The first-order chi connectivity index (χ1) is 36.5. The fourth-order valence-electron chi connectivity index (χ4n) is 9.06. The maximum absolute atomic E-state index is 12.2. The molecule has 2 atom stereocenters. The largest absolute Gasteiger partial charge is 0.748 e. The molecule has 3 aliphatic rings. The molecule has 0 aromatic heterocycles. The van der Waals surface area contributed by atoms with Gasteiger partial charge in [0.05, 0.1) is 97.8 Å². The predicted molar refractivity (Wildman–Crippen MR) is 274 cm³/mol. The van der Waals surface area contributed by atoms with E-state index >= 15 is 0 Å². The lowest BCUT2D eigenvalue weighted by Gasteiger charge is -2.30. The highest BCUT2D eigenvalue weighted by Gasteiger charge is 2.48. The van der Waals surface area contributed by atoms with Crippen molar-refractivity contribution in [2.75, 3.05) is 117 Å². The van der Waals surface area contributed by atoms with Gasteiger partial charge in [0.15, 0.2) is 12.3 Å². The second-order valence-electron chi connectivity index (χ2n) is 18.3. The van der Waals surface area contributed by atoms with Crippen LogP contribution in [0.25, 0.3) is 0 Å². The second kappa shape index (κ2) is 29.2. The lowest BCUT2D eigenvalue weighted by Crippen LogP contribution is -2.32. The zero-order chi connectivity index (χ0) is 56.3. The Hall–Kier alpha value is -5.07. The van der Waals surface area contributed by atoms with Gasteiger partial charge in [0.1, 0.15) is 26.8 Å². The monoisotopic (exact) mass is 1140 g/mol. The summed E-state index contributed by atoms with van der Waals surface area (Å²) < 4.78 is 149. The third-order valence-corrected chi connectivity index (χ3v) is 15.4. The van der Waals surface area contributed by atoms with Crippen LogP contribution in [0, 0.1) is 0 Å². The number of benzene rings is 2. The molecule has 5 rings (SSSR count). The summed E-state index contributed by atoms with van der Waals surface area (Å²) in [5.41, 5.74) is 1.83. The molecule has 426 valence electrons. The van der Waals surface area contributed by atoms with Crippen LogP contribution >= 0.6 is 0 Å². The van der Waals surface area contributed by atoms with Crippen LogP contribution in [0.3, 0.4) is 0 Å². The van der Waals surface area contributed by atoms with Crippen molar-refractivity contribution in [2.24, 2.45) is 0 Å². The van der Waals surface area contributed by atoms with Crippen LogP contribution in [-0.2, 0) is 93.6 Å². The standard InChI is InChI=1S/C51H69N3O20S3/c1-50(20-10-36-75(58,59)60)41-37-39(76(61,62)63)13-15-43(41)52(22-26-70-31-34-72-29-28-68-4)45(50)11-8-6-5-7-9-12-46-51(2,21-25-67-3)42-38-40(77(64,65)66)14-16-44(42)53(46)23-27-71-32-35-73-33-30-69-24-19-49(57)74-54-47(55)17-18-48(54)56/h5-9,11-16,37-38H,10,17-36H2,1-4H3,(H2-,58,59,60,61,62,63,64,65,66)/p-2. The molecule has 26 heteroatoms. The Kier molecular flexibility index (Phi) is 23.8. The molecule has 3 heterocycles. The summed E-state index contributed by atoms with van der Waals surface area (Å²) in [6.45, 7) is 7.21. The Morgan fingerprint density at radius 1 is 0.649 bits per heavy atom. The quantitative estimate of drug-likeness (QED) is 0.0314. The molecule has 0 saturated carbocycles. The van der Waals surface area contributed by atoms with Gasteiger partial charge in [-0.3, -0.25) is 9.59 Å². The van der Waals surface area contributed by atoms with E-state index in [2.05, 4.69) is 0 Å². The number of allylic oxidation sites excluding steroid dienone is 8. The van der Waals surface area contributed by atoms with E-state index in [-0.39, 0.29) is 96.4 Å². The molecule has 2 amide bonds. The van der Waals surface area contributed by atoms with Crippen LogP contribution in [-0.4, -0.2) is 184 Å². The number of fused-ring (bicyclic) bond motifs is 2. The number of methoxy groups -OCH3 is 2. The zero-order valence-electron chi connectivity index (χ0n) is 43.6. The summed E-state index contributed by atoms with van der Waals surface area (Å²) in [6, 6.07) is 8.29. The fourth-order valence-corrected chi connectivity index (χ4v) is 10.5. The van der Waals surface area contributed by atoms with Crippen LogP contribution < -0.4 is 4.90 Å². The highest BCUT2D eigenvalue weighted by atomic mass is 32.2. The molecule has 77 heavy (non-hydrogen) atoms. The van der Waals surface area contributed by atoms with Crippen molar-refractivity contribution < 1.29 is 95.9 Å². The molecule has 2 aromatic carbocycles. The number of nitrogens with zero attached hydrogens (tertiary/aromatic N) is 3. The molecule has 0 N–H and O–H groups in total. The average molecular weight is 1140 g/mol. The van der Waals surface area contributed by atoms with Crippen LogP contribution in [0.2, 0.25) is 0 Å². The van der Waals surface area contributed by atoms with Crippen LogP contribution in [0.1, 0.15) is 63.5 Å². The SMILES string of the molecule is COCCOCCOCC[N+]1=C(/C=C/C=C/C=C/C=C2/N(CCOCCOCCOCCC(=O)ON3C(=O)CCC3=O)c3ccc(S(=O)(=O)[O-])cc3C2(C)CCOC)C(C)(CCCS(=O)(=O)[O-])c2cc(S(=O)(=O)[O-])ccc21. The second-order valence-corrected chi connectivity index (χ2v) is 22.5. The van der Waals surface area contributed by atoms with E-state index in [0.717, 1.165) is 5.70 Å². The molecule has 0 bridgehead atoms. The Balaban J connectivity index is 1.30. The first kappa shape index (κ1) is 62.8. The molecule has 0 radical (unpaired) electrons. The first-order valence-corrected chi connectivity index (χ1v) is 29.2. The highest BCUT2D eigenvalue weighted by molar-refractivity contribution is 7.86. The number of hydroxylamine groups is 2. The number of imide groups is 1. The van der Waals surface area contributed by atoms with E-state index in [1.165, 1.54) is 30.3 Å². The Labute approximate surface area is 450 Å². The Morgan fingerprint density at radius 2 is 1.19 bits per heavy atom. The number of anilines is 1. The molecule has 2 aromatic rings. The smallest absolute Gasteiger partial charge is 0.335 e. The number of amides is 2. The molecular weight excluding hydrogens is 1070 g/mol. The highest BCUT2D eigenvalue weighted by Crippen LogP contribution is 2.51. The van der Waals surface area contributed by atoms with E-state index in [9.17, 15) is 53.3 Å². The molecular formula is C51H67N3O20S3-2. The van der Waals surface area contributed by atoms with Crippen LogP contribution in [0.4, 0.5) is 11.4 Å². The van der Waals surface area contributed by atoms with Crippen molar-refractivity contribution in [3.63, 3.8) is 0 Å². The van der Waals surface area contributed by atoms with Crippen molar-refractivity contribution in [3.8, 4) is 0 Å². The molecule has 1 fully saturated rings. The molecule has 1 saturated heterocycles. The topological polar surface area (TPSA) is 306 Å². The van der Waals surface area contributed by atoms with Crippen molar-refractivity contribution in [1.82, 2.24) is 5.06 Å². The number of carbonyl (C=O) groups is 3. The van der Waals surface area contributed by atoms with Crippen molar-refractivity contribution in [2.45, 2.75) is 73.0 Å².